The number of nitrogens with one attached hydrogen (secondary N) is 21. The van der Waals surface area contributed by atoms with E-state index >= 15 is 0 Å². The number of likely N-dealkylation sites (N-methyl/N-ethyl adjacent to an activating group) is 1. The van der Waals surface area contributed by atoms with Gasteiger partial charge in [0.1, 0.15) is 43.1 Å². The molecule has 0 radical (unpaired) electrons. The number of amides is 2. The molecule has 0 spiro atoms. The van der Waals surface area contributed by atoms with Crippen LogP contribution in [0.3, 0.4) is 0 Å². The number of unbranched alkanes of at least 4 members (excludes halogenated alkanes) is 2. The number of benzene rings is 2. The summed E-state index contributed by atoms with van der Waals surface area (Å²) in [5.41, 5.74) is -0.354. The number of carbonyl (C=O) groups excluding carboxylic acids is 2. The van der Waals surface area contributed by atoms with E-state index in [4.69, 9.17) is 38.8 Å². The average Bonchev–Trinajstić information content (AvgIpc) is 1.62. The van der Waals surface area contributed by atoms with E-state index in [2.05, 4.69) is 122 Å². The van der Waals surface area contributed by atoms with Crippen LogP contribution < -0.4 is 119 Å². The van der Waals surface area contributed by atoms with Crippen molar-refractivity contribution >= 4 is 63.4 Å². The van der Waals surface area contributed by atoms with E-state index in [1.165, 1.54) is 88.4 Å². The van der Waals surface area contributed by atoms with Crippen molar-refractivity contribution in [2.24, 2.45) is 0 Å². The van der Waals surface area contributed by atoms with E-state index in [1.54, 1.807) is 0 Å². The molecule has 49 heteroatoms. The Labute approximate surface area is 748 Å². The van der Waals surface area contributed by atoms with Crippen molar-refractivity contribution in [3.63, 3.8) is 0 Å². The fraction of sp³-hybridized carbons (Fsp3) is 0.518. The number of aliphatic hydroxyl groups is 1. The quantitative estimate of drug-likeness (QED) is 0.0112. The third-order valence-electron chi connectivity index (χ3n) is 24.4. The third-order valence-corrected chi connectivity index (χ3v) is 24.4. The molecule has 0 saturated carbocycles. The first-order chi connectivity index (χ1) is 63.3. The molecule has 0 bridgehead atoms. The van der Waals surface area contributed by atoms with Gasteiger partial charge in [-0.25, -0.2) is 29.0 Å². The molecule has 6 fully saturated rings. The van der Waals surface area contributed by atoms with Crippen molar-refractivity contribution in [2.75, 3.05) is 84.0 Å². The van der Waals surface area contributed by atoms with Gasteiger partial charge in [-0.3, -0.25) is 103 Å². The number of guanidine groups is 4. The molecule has 6 saturated heterocycles. The standard InChI is InChI=1S/C83H110N30O19/c1-40-35-109(79(122)102-69(40)117)63-25-51(56(128-63)30-89-62(116)11-8-7-9-17-88-61(115)12-10-22-127-78-100-48-15-13-45(23-49(48)101-78)68-94-47-16-14-46(24-50(47)95-68)108-20-18-107(6)19-21-108)96-74(84)90-31-57-52(26-64(129-57)110-36-41(2)70(118)103-80(110)123)97-75(85)91-32-58-53(27-65(130-58)111-37-42(3)71(119)104-81(111)124)98-76(86)92-33-59-54(28-66(131-59)112-38-43(4)72(120)105-82(112)125)99-77(87)93-34-60-55(114)29-67(132-60)113-39-44(5)73(121)106-83(113)126/h13-16,23-24,35-39,51-60,63-67,114H,7-12,17-22,25-34H2,1-6H3,(H,88,115)(H,89,116)(H,94,95)(H,100,101)(H3,84,90,96)(H3,85,91,97)(H3,86,92,98)(H3,87,93,99)(H,102,117,122)(H,103,118,123)(H,104,119,124)(H,105,120,125)(H,106,121,126)/t51-,52-,53-,54-,55-,56+,57+,58+,59+,60+,63+,64+,65+,66+,67+/m0/s1. The fourth-order valence-electron chi connectivity index (χ4n) is 17.0. The Balaban J connectivity index is 0.534. The maximum absolute atomic E-state index is 13.5. The van der Waals surface area contributed by atoms with E-state index in [9.17, 15) is 78.9 Å². The Bertz CT molecular complexity index is 6450. The van der Waals surface area contributed by atoms with Crippen molar-refractivity contribution in [1.29, 1.82) is 21.6 Å². The van der Waals surface area contributed by atoms with Crippen molar-refractivity contribution in [1.82, 2.24) is 126 Å². The first-order valence-corrected chi connectivity index (χ1v) is 43.8. The van der Waals surface area contributed by atoms with Gasteiger partial charge in [-0.05, 0) is 97.3 Å². The summed E-state index contributed by atoms with van der Waals surface area (Å²) >= 11 is 0. The van der Waals surface area contributed by atoms with Crippen LogP contribution >= 0.6 is 0 Å². The minimum Gasteiger partial charge on any atom is -0.465 e. The molecule has 15 atom stereocenters. The number of rotatable bonds is 32. The van der Waals surface area contributed by atoms with Crippen molar-refractivity contribution in [3.8, 4) is 17.4 Å². The zero-order chi connectivity index (χ0) is 93.5. The molecule has 0 unspecified atom stereocenters. The summed E-state index contributed by atoms with van der Waals surface area (Å²) in [6, 6.07) is 9.32. The lowest BCUT2D eigenvalue weighted by Gasteiger charge is -2.34. The molecule has 6 aliphatic rings. The Morgan fingerprint density at radius 2 is 0.788 bits per heavy atom. The minimum atomic E-state index is -1.09. The molecule has 22 N–H and O–H groups in total. The smallest absolute Gasteiger partial charge is 0.330 e. The second kappa shape index (κ2) is 40.6. The van der Waals surface area contributed by atoms with Gasteiger partial charge in [0.2, 0.25) is 11.8 Å². The zero-order valence-corrected chi connectivity index (χ0v) is 73.4. The summed E-state index contributed by atoms with van der Waals surface area (Å²) in [7, 11) is 2.14. The van der Waals surface area contributed by atoms with E-state index in [0.29, 0.717) is 38.2 Å². The first-order valence-electron chi connectivity index (χ1n) is 43.8. The lowest BCUT2D eigenvalue weighted by molar-refractivity contribution is -0.122. The lowest BCUT2D eigenvalue weighted by atomic mass is 10.1. The number of H-pyrrole nitrogens is 7. The highest BCUT2D eigenvalue weighted by Gasteiger charge is 2.44. The number of fused-ring (bicyclic) bond motifs is 2. The first kappa shape index (κ1) is 92.8. The molecule has 132 heavy (non-hydrogen) atoms. The maximum Gasteiger partial charge on any atom is 0.330 e. The van der Waals surface area contributed by atoms with Crippen LogP contribution in [0.25, 0.3) is 33.5 Å². The molecule has 2 aromatic carbocycles. The largest absolute Gasteiger partial charge is 0.465 e. The van der Waals surface area contributed by atoms with E-state index in [-0.39, 0.29) is 148 Å². The van der Waals surface area contributed by atoms with Crippen LogP contribution in [-0.4, -0.2) is 253 Å². The third kappa shape index (κ3) is 22.2. The fourth-order valence-corrected chi connectivity index (χ4v) is 17.0. The van der Waals surface area contributed by atoms with Crippen molar-refractivity contribution in [2.45, 2.75) is 197 Å². The number of hydrogen-bond acceptors (Lipinski definition) is 27. The normalized spacial score (nSPS) is 23.6. The number of aromatic nitrogens is 14. The summed E-state index contributed by atoms with van der Waals surface area (Å²) in [6.45, 7) is 11.5. The molecular formula is C83H110N30O19. The highest BCUT2D eigenvalue weighted by atomic mass is 16.5. The molecule has 6 aliphatic heterocycles. The van der Waals surface area contributed by atoms with Gasteiger partial charge in [0, 0.05) is 180 Å². The average molecular weight is 1830 g/mol. The van der Waals surface area contributed by atoms with Crippen LogP contribution in [0.5, 0.6) is 6.01 Å². The Hall–Kier alpha value is -13.9. The number of nitrogens with zero attached hydrogens (tertiary/aromatic N) is 9. The van der Waals surface area contributed by atoms with E-state index < -0.39 is 148 Å². The molecule has 2 amide bonds. The number of hydrogen-bond donors (Lipinski definition) is 22. The minimum absolute atomic E-state index is 0.00306. The Morgan fingerprint density at radius 1 is 0.424 bits per heavy atom. The predicted octanol–water partition coefficient (Wildman–Crippen LogP) is -3.17. The van der Waals surface area contributed by atoms with Gasteiger partial charge >= 0.3 is 28.4 Å². The van der Waals surface area contributed by atoms with E-state index in [0.717, 1.165) is 65.3 Å². The molecule has 7 aromatic heterocycles. The van der Waals surface area contributed by atoms with Gasteiger partial charge in [0.25, 0.3) is 33.8 Å². The molecule has 49 nitrogen and oxygen atoms in total. The van der Waals surface area contributed by atoms with Crippen LogP contribution in [0.4, 0.5) is 5.69 Å². The zero-order valence-electron chi connectivity index (χ0n) is 73.4. The van der Waals surface area contributed by atoms with Gasteiger partial charge in [0.15, 0.2) is 23.8 Å². The summed E-state index contributed by atoms with van der Waals surface area (Å²) in [5, 5.41) is 77.9. The number of anilines is 1. The monoisotopic (exact) mass is 1830 g/mol. The molecule has 706 valence electrons. The molecule has 9 aromatic rings. The number of aliphatic hydroxyl groups excluding tert-OH is 1. The van der Waals surface area contributed by atoms with Crippen LogP contribution in [0.2, 0.25) is 0 Å². The number of aromatic amines is 7. The highest BCUT2D eigenvalue weighted by Crippen LogP contribution is 2.34. The summed E-state index contributed by atoms with van der Waals surface area (Å²) in [6.07, 6.45) is -1.29. The summed E-state index contributed by atoms with van der Waals surface area (Å²) in [4.78, 5) is 187. The van der Waals surface area contributed by atoms with Crippen LogP contribution in [-0.2, 0) is 33.3 Å². The van der Waals surface area contributed by atoms with E-state index in [1.807, 2.05) is 24.3 Å². The summed E-state index contributed by atoms with van der Waals surface area (Å²) < 4.78 is 43.7. The highest BCUT2D eigenvalue weighted by molar-refractivity contribution is 5.86. The van der Waals surface area contributed by atoms with Crippen LogP contribution in [0.1, 0.15) is 130 Å². The van der Waals surface area contributed by atoms with Gasteiger partial charge in [-0.2, -0.15) is 4.98 Å². The van der Waals surface area contributed by atoms with Crippen molar-refractivity contribution < 1.29 is 43.1 Å². The molecule has 15 rings (SSSR count). The number of imidazole rings is 2. The second-order valence-corrected chi connectivity index (χ2v) is 34.1. The number of aryl methyl sites for hydroxylation is 5. The topological polar surface area (TPSA) is 664 Å². The molecule has 13 heterocycles. The SMILES string of the molecule is Cc1cn([C@H]2C[C@H](NC(=N)NC[C@H]3O[C@@H](n4cc(C)c(=O)[nH]c4=O)C[C@@H]3NC(=N)NC[C@H]3O[C@@H](n4cc(C)c(=O)[nH]c4=O)C[C@@H]3O)[C@@H](CNC(=N)N[C@H]3C[C@H](n4cc(C)c(=O)[nH]c4=O)O[C@@H]3CNC(=N)N[C@H]3C[C@H](n4cc(C)c(=O)[nH]c4=O)O[C@@H]3CNC(=O)CCCCCNC(=O)CCCOc3nc4ccc(-c5nc6ccc(N7CCN(C)CC7)cc6[nH]5)cc4[nH]3)O2)c(=O)[nH]c1=O. The van der Waals surface area contributed by atoms with Gasteiger partial charge in [0.05, 0.1) is 83.4 Å². The van der Waals surface area contributed by atoms with Gasteiger partial charge < -0.3 is 106 Å². The Kier molecular flexibility index (Phi) is 28.6. The molecule has 0 aliphatic carbocycles. The van der Waals surface area contributed by atoms with Gasteiger partial charge in [-0.15, -0.1) is 0 Å². The number of carbonyl (C=O) groups is 2. The van der Waals surface area contributed by atoms with Crippen molar-refractivity contribution in [3.05, 3.63) is 199 Å². The maximum atomic E-state index is 13.5. The number of piperazine rings is 1. The lowest BCUT2D eigenvalue weighted by Crippen LogP contribution is -2.55. The summed E-state index contributed by atoms with van der Waals surface area (Å²) in [5.74, 6) is -0.804. The predicted molar refractivity (Wildman–Crippen MR) is 480 cm³/mol. The second-order valence-electron chi connectivity index (χ2n) is 34.1. The molecular weight excluding hydrogens is 1720 g/mol. The Morgan fingerprint density at radius 3 is 1.22 bits per heavy atom. The van der Waals surface area contributed by atoms with Crippen LogP contribution in [0.15, 0.2) is 115 Å². The van der Waals surface area contributed by atoms with Gasteiger partial charge in [-0.1, -0.05) is 6.42 Å². The van der Waals surface area contributed by atoms with Crippen LogP contribution in [0, 0.1) is 56.3 Å². The number of ether oxygens (including phenoxy) is 6.